The van der Waals surface area contributed by atoms with Crippen LogP contribution in [0.15, 0.2) is 18.2 Å². The zero-order chi connectivity index (χ0) is 15.4. The maximum atomic E-state index is 13.9. The van der Waals surface area contributed by atoms with E-state index < -0.39 is 0 Å². The van der Waals surface area contributed by atoms with Crippen LogP contribution in [0.4, 0.5) is 4.39 Å². The van der Waals surface area contributed by atoms with E-state index in [1.54, 1.807) is 12.1 Å². The molecule has 0 amide bonds. The minimum absolute atomic E-state index is 0.0518. The molecule has 4 heteroatoms. The van der Waals surface area contributed by atoms with Crippen molar-refractivity contribution in [2.45, 2.75) is 44.7 Å². The van der Waals surface area contributed by atoms with E-state index in [1.807, 2.05) is 6.07 Å². The van der Waals surface area contributed by atoms with Crippen LogP contribution in [0.5, 0.6) is 5.75 Å². The van der Waals surface area contributed by atoms with Gasteiger partial charge in [0.25, 0.3) is 0 Å². The summed E-state index contributed by atoms with van der Waals surface area (Å²) in [7, 11) is 3.60. The van der Waals surface area contributed by atoms with Crippen molar-refractivity contribution in [2.24, 2.45) is 11.7 Å². The lowest BCUT2D eigenvalue weighted by molar-refractivity contribution is 0.0990. The summed E-state index contributed by atoms with van der Waals surface area (Å²) < 4.78 is 18.9. The summed E-state index contributed by atoms with van der Waals surface area (Å²) in [5, 5.41) is 0. The molecule has 118 valence electrons. The fraction of sp³-hybridized carbons (Fsp3) is 0.647. The lowest BCUT2D eigenvalue weighted by Gasteiger charge is -2.40. The average molecular weight is 294 g/mol. The van der Waals surface area contributed by atoms with Gasteiger partial charge in [0, 0.05) is 18.6 Å². The largest absolute Gasteiger partial charge is 0.494 e. The van der Waals surface area contributed by atoms with E-state index in [9.17, 15) is 4.39 Å². The Hall–Kier alpha value is -1.13. The number of nitrogens with zero attached hydrogens (tertiary/aromatic N) is 1. The van der Waals surface area contributed by atoms with E-state index in [-0.39, 0.29) is 17.6 Å². The van der Waals surface area contributed by atoms with Crippen LogP contribution in [-0.4, -0.2) is 31.6 Å². The number of hydrogen-bond acceptors (Lipinski definition) is 3. The molecule has 0 saturated heterocycles. The predicted molar refractivity (Wildman–Crippen MR) is 83.9 cm³/mol. The second-order valence-electron chi connectivity index (χ2n) is 6.14. The summed E-state index contributed by atoms with van der Waals surface area (Å²) in [5.74, 6) is 0.627. The summed E-state index contributed by atoms with van der Waals surface area (Å²) in [5.41, 5.74) is 6.91. The molecule has 1 aliphatic carbocycles. The molecular weight excluding hydrogens is 267 g/mol. The van der Waals surface area contributed by atoms with Crippen molar-refractivity contribution in [3.63, 3.8) is 0 Å². The molecule has 1 fully saturated rings. The molecule has 1 saturated carbocycles. The summed E-state index contributed by atoms with van der Waals surface area (Å²) >= 11 is 0. The number of hydrogen-bond donors (Lipinski definition) is 1. The first-order valence-corrected chi connectivity index (χ1v) is 7.84. The highest BCUT2D eigenvalue weighted by Crippen LogP contribution is 2.33. The molecule has 2 N–H and O–H groups in total. The van der Waals surface area contributed by atoms with E-state index >= 15 is 0 Å². The number of likely N-dealkylation sites (N-methyl/N-ethyl adjacent to an activating group) is 1. The summed E-state index contributed by atoms with van der Waals surface area (Å²) in [6.45, 7) is 2.80. The highest BCUT2D eigenvalue weighted by molar-refractivity contribution is 5.31. The minimum atomic E-state index is -0.321. The fourth-order valence-electron chi connectivity index (χ4n) is 3.56. The SMILES string of the molecule is COc1ccc(C(CN)N(C)C2CCCCC2C)cc1F. The quantitative estimate of drug-likeness (QED) is 0.905. The molecule has 1 aromatic rings. The first-order valence-electron chi connectivity index (χ1n) is 7.84. The Morgan fingerprint density at radius 3 is 2.67 bits per heavy atom. The van der Waals surface area contributed by atoms with Crippen molar-refractivity contribution in [1.29, 1.82) is 0 Å². The Kier molecular flexibility index (Phi) is 5.59. The number of methoxy groups -OCH3 is 1. The smallest absolute Gasteiger partial charge is 0.165 e. The lowest BCUT2D eigenvalue weighted by Crippen LogP contribution is -2.43. The molecular formula is C17H27FN2O. The highest BCUT2D eigenvalue weighted by Gasteiger charge is 2.29. The Morgan fingerprint density at radius 1 is 1.38 bits per heavy atom. The lowest BCUT2D eigenvalue weighted by atomic mass is 9.84. The Bertz CT molecular complexity index is 466. The van der Waals surface area contributed by atoms with Crippen LogP contribution < -0.4 is 10.5 Å². The molecule has 0 aromatic heterocycles. The Morgan fingerprint density at radius 2 is 2.10 bits per heavy atom. The van der Waals surface area contributed by atoms with Gasteiger partial charge in [0.2, 0.25) is 0 Å². The van der Waals surface area contributed by atoms with Crippen molar-refractivity contribution in [3.05, 3.63) is 29.6 Å². The molecule has 3 nitrogen and oxygen atoms in total. The van der Waals surface area contributed by atoms with E-state index in [0.29, 0.717) is 18.5 Å². The summed E-state index contributed by atoms with van der Waals surface area (Å²) in [4.78, 5) is 2.34. The normalized spacial score (nSPS) is 24.1. The maximum absolute atomic E-state index is 13.9. The minimum Gasteiger partial charge on any atom is -0.494 e. The Labute approximate surface area is 127 Å². The van der Waals surface area contributed by atoms with Crippen molar-refractivity contribution >= 4 is 0 Å². The van der Waals surface area contributed by atoms with Crippen LogP contribution >= 0.6 is 0 Å². The molecule has 21 heavy (non-hydrogen) atoms. The fourth-order valence-corrected chi connectivity index (χ4v) is 3.56. The number of nitrogens with two attached hydrogens (primary N) is 1. The Balaban J connectivity index is 2.19. The third-order valence-corrected chi connectivity index (χ3v) is 4.86. The topological polar surface area (TPSA) is 38.5 Å². The van der Waals surface area contributed by atoms with E-state index in [1.165, 1.54) is 32.8 Å². The van der Waals surface area contributed by atoms with Gasteiger partial charge in [-0.05, 0) is 43.5 Å². The van der Waals surface area contributed by atoms with Gasteiger partial charge in [-0.25, -0.2) is 4.39 Å². The van der Waals surface area contributed by atoms with Crippen LogP contribution in [-0.2, 0) is 0 Å². The molecule has 3 atom stereocenters. The standard InChI is InChI=1S/C17H27FN2O/c1-12-6-4-5-7-15(12)20(2)16(11-19)13-8-9-17(21-3)14(18)10-13/h8-10,12,15-16H,4-7,11,19H2,1-3H3. The second kappa shape index (κ2) is 7.23. The molecule has 0 heterocycles. The monoisotopic (exact) mass is 294 g/mol. The molecule has 0 bridgehead atoms. The van der Waals surface area contributed by atoms with Gasteiger partial charge < -0.3 is 10.5 Å². The predicted octanol–water partition coefficient (Wildman–Crippen LogP) is 3.34. The maximum Gasteiger partial charge on any atom is 0.165 e. The van der Waals surface area contributed by atoms with Gasteiger partial charge in [-0.2, -0.15) is 0 Å². The van der Waals surface area contributed by atoms with Crippen LogP contribution in [0.2, 0.25) is 0 Å². The van der Waals surface area contributed by atoms with E-state index in [2.05, 4.69) is 18.9 Å². The van der Waals surface area contributed by atoms with Gasteiger partial charge >= 0.3 is 0 Å². The van der Waals surface area contributed by atoms with Crippen molar-refractivity contribution < 1.29 is 9.13 Å². The number of ether oxygens (including phenoxy) is 1. The molecule has 0 aliphatic heterocycles. The number of benzene rings is 1. The van der Waals surface area contributed by atoms with E-state index in [4.69, 9.17) is 10.5 Å². The van der Waals surface area contributed by atoms with Crippen molar-refractivity contribution in [2.75, 3.05) is 20.7 Å². The van der Waals surface area contributed by atoms with Gasteiger partial charge in [0.15, 0.2) is 11.6 Å². The van der Waals surface area contributed by atoms with Gasteiger partial charge in [0.1, 0.15) is 0 Å². The molecule has 0 radical (unpaired) electrons. The first kappa shape index (κ1) is 16.2. The number of halogens is 1. The third-order valence-electron chi connectivity index (χ3n) is 4.86. The zero-order valence-corrected chi connectivity index (χ0v) is 13.3. The van der Waals surface area contributed by atoms with Crippen LogP contribution in [0, 0.1) is 11.7 Å². The van der Waals surface area contributed by atoms with Gasteiger partial charge in [0.05, 0.1) is 7.11 Å². The van der Waals surface area contributed by atoms with Gasteiger partial charge in [-0.1, -0.05) is 25.8 Å². The summed E-state index contributed by atoms with van der Waals surface area (Å²) in [6.07, 6.45) is 5.06. The second-order valence-corrected chi connectivity index (χ2v) is 6.14. The molecule has 1 aliphatic rings. The van der Waals surface area contributed by atoms with Crippen LogP contribution in [0.3, 0.4) is 0 Å². The molecule has 0 spiro atoms. The highest BCUT2D eigenvalue weighted by atomic mass is 19.1. The molecule has 1 aromatic carbocycles. The number of rotatable bonds is 5. The van der Waals surface area contributed by atoms with Gasteiger partial charge in [-0.3, -0.25) is 4.90 Å². The van der Waals surface area contributed by atoms with Crippen molar-refractivity contribution in [1.82, 2.24) is 4.90 Å². The van der Waals surface area contributed by atoms with Crippen molar-refractivity contribution in [3.8, 4) is 5.75 Å². The van der Waals surface area contributed by atoms with Gasteiger partial charge in [-0.15, -0.1) is 0 Å². The zero-order valence-electron chi connectivity index (χ0n) is 13.3. The van der Waals surface area contributed by atoms with E-state index in [0.717, 1.165) is 5.56 Å². The average Bonchev–Trinajstić information content (AvgIpc) is 2.48. The molecule has 3 unspecified atom stereocenters. The third kappa shape index (κ3) is 3.55. The first-order chi connectivity index (χ1) is 10.1. The van der Waals surface area contributed by atoms with Crippen LogP contribution in [0.25, 0.3) is 0 Å². The summed E-state index contributed by atoms with van der Waals surface area (Å²) in [6, 6.07) is 5.74. The molecule has 2 rings (SSSR count). The van der Waals surface area contributed by atoms with Crippen LogP contribution in [0.1, 0.15) is 44.2 Å².